The minimum Gasteiger partial charge on any atom is -0.348 e. The maximum Gasteiger partial charge on any atom is 0.291 e. The number of nitrogens with zero attached hydrogens (tertiary/aromatic N) is 3. The third-order valence-electron chi connectivity index (χ3n) is 5.33. The van der Waals surface area contributed by atoms with E-state index in [1.165, 1.54) is 0 Å². The second kappa shape index (κ2) is 6.74. The second-order valence-electron chi connectivity index (χ2n) is 7.42. The van der Waals surface area contributed by atoms with Crippen LogP contribution >= 0.6 is 0 Å². The summed E-state index contributed by atoms with van der Waals surface area (Å²) in [6, 6.07) is 9.74. The van der Waals surface area contributed by atoms with Crippen LogP contribution in [0.1, 0.15) is 52.5 Å². The summed E-state index contributed by atoms with van der Waals surface area (Å²) >= 11 is 0. The average molecular weight is 375 g/mol. The molecule has 5 rings (SSSR count). The van der Waals surface area contributed by atoms with Gasteiger partial charge in [0.25, 0.3) is 11.8 Å². The third-order valence-corrected chi connectivity index (χ3v) is 5.33. The number of hydrogen-bond donors (Lipinski definition) is 2. The van der Waals surface area contributed by atoms with Gasteiger partial charge in [-0.05, 0) is 44.2 Å². The van der Waals surface area contributed by atoms with Gasteiger partial charge in [0.2, 0.25) is 0 Å². The minimum atomic E-state index is -0.313. The summed E-state index contributed by atoms with van der Waals surface area (Å²) in [4.78, 5) is 34.5. The molecule has 0 bridgehead atoms. The van der Waals surface area contributed by atoms with Crippen molar-refractivity contribution in [3.8, 4) is 0 Å². The summed E-state index contributed by atoms with van der Waals surface area (Å²) in [6.45, 7) is 0.704. The molecule has 2 aromatic heterocycles. The smallest absolute Gasteiger partial charge is 0.291 e. The Kier molecular flexibility index (Phi) is 4.07. The molecular formula is C21H21N5O2. The lowest BCUT2D eigenvalue weighted by Crippen LogP contribution is -2.27. The van der Waals surface area contributed by atoms with Crippen LogP contribution in [0.15, 0.2) is 36.5 Å². The van der Waals surface area contributed by atoms with Gasteiger partial charge in [0, 0.05) is 24.2 Å². The number of para-hydroxylation sites is 1. The van der Waals surface area contributed by atoms with Gasteiger partial charge >= 0.3 is 0 Å². The number of benzene rings is 1. The van der Waals surface area contributed by atoms with Crippen LogP contribution in [-0.2, 0) is 13.0 Å². The molecule has 3 aromatic rings. The Hall–Kier alpha value is -3.22. The molecule has 0 atom stereocenters. The highest BCUT2D eigenvalue weighted by Crippen LogP contribution is 2.25. The monoisotopic (exact) mass is 375 g/mol. The number of aromatic nitrogens is 3. The fourth-order valence-corrected chi connectivity index (χ4v) is 3.76. The molecule has 2 aliphatic rings. The van der Waals surface area contributed by atoms with Gasteiger partial charge in [0.15, 0.2) is 5.82 Å². The fraction of sp³-hybridized carbons (Fsp3) is 0.333. The van der Waals surface area contributed by atoms with E-state index in [1.54, 1.807) is 6.20 Å². The predicted octanol–water partition coefficient (Wildman–Crippen LogP) is 2.91. The van der Waals surface area contributed by atoms with E-state index in [2.05, 4.69) is 20.6 Å². The summed E-state index contributed by atoms with van der Waals surface area (Å²) in [5.74, 6) is -0.186. The van der Waals surface area contributed by atoms with Crippen LogP contribution in [-0.4, -0.2) is 32.4 Å². The number of hydrogen-bond acceptors (Lipinski definition) is 4. The molecular weight excluding hydrogens is 354 g/mol. The van der Waals surface area contributed by atoms with Gasteiger partial charge in [-0.2, -0.15) is 0 Å². The van der Waals surface area contributed by atoms with Gasteiger partial charge in [-0.15, -0.1) is 0 Å². The lowest BCUT2D eigenvalue weighted by atomic mass is 10.1. The quantitative estimate of drug-likeness (QED) is 0.734. The lowest BCUT2D eigenvalue weighted by Gasteiger charge is -2.17. The summed E-state index contributed by atoms with van der Waals surface area (Å²) in [5, 5.41) is 6.88. The molecule has 2 N–H and O–H groups in total. The average Bonchev–Trinajstić information content (AvgIpc) is 3.44. The zero-order valence-electron chi connectivity index (χ0n) is 15.4. The highest BCUT2D eigenvalue weighted by Gasteiger charge is 2.30. The Morgan fingerprint density at radius 2 is 1.93 bits per heavy atom. The molecule has 1 aliphatic carbocycles. The zero-order chi connectivity index (χ0) is 19.1. The number of amides is 2. The first-order valence-electron chi connectivity index (χ1n) is 9.76. The highest BCUT2D eigenvalue weighted by molar-refractivity contribution is 6.07. The van der Waals surface area contributed by atoms with Crippen LogP contribution in [0.25, 0.3) is 10.9 Å². The van der Waals surface area contributed by atoms with E-state index < -0.39 is 0 Å². The standard InChI is InChI=1S/C21H21N5O2/c27-20(23-14-9-10-14)18-16-8-1-2-12-26(16)19(25-18)21(28)24-15-7-3-5-13-6-4-11-22-17(13)15/h3-7,11,14H,1-2,8-10,12H2,(H,23,27)(H,24,28). The van der Waals surface area contributed by atoms with Crippen molar-refractivity contribution in [1.82, 2.24) is 19.9 Å². The maximum absolute atomic E-state index is 13.0. The number of carbonyl (C=O) groups excluding carboxylic acids is 2. The largest absolute Gasteiger partial charge is 0.348 e. The van der Waals surface area contributed by atoms with Crippen molar-refractivity contribution >= 4 is 28.4 Å². The van der Waals surface area contributed by atoms with Crippen LogP contribution in [0, 0.1) is 0 Å². The molecule has 1 aromatic carbocycles. The van der Waals surface area contributed by atoms with Crippen LogP contribution < -0.4 is 10.6 Å². The van der Waals surface area contributed by atoms with E-state index in [9.17, 15) is 9.59 Å². The molecule has 142 valence electrons. The highest BCUT2D eigenvalue weighted by atomic mass is 16.2. The number of carbonyl (C=O) groups is 2. The molecule has 0 radical (unpaired) electrons. The molecule has 2 amide bonds. The first-order valence-corrected chi connectivity index (χ1v) is 9.76. The van der Waals surface area contributed by atoms with Gasteiger partial charge in [0.05, 0.1) is 16.9 Å². The van der Waals surface area contributed by atoms with Crippen molar-refractivity contribution in [2.75, 3.05) is 5.32 Å². The number of fused-ring (bicyclic) bond motifs is 2. The summed E-state index contributed by atoms with van der Waals surface area (Å²) in [5.41, 5.74) is 2.63. The molecule has 1 fully saturated rings. The Bertz CT molecular complexity index is 1080. The van der Waals surface area contributed by atoms with Crippen LogP contribution in [0.3, 0.4) is 0 Å². The molecule has 7 nitrogen and oxygen atoms in total. The summed E-state index contributed by atoms with van der Waals surface area (Å²) < 4.78 is 1.90. The molecule has 1 aliphatic heterocycles. The Morgan fingerprint density at radius 3 is 2.79 bits per heavy atom. The van der Waals surface area contributed by atoms with E-state index in [0.717, 1.165) is 48.7 Å². The lowest BCUT2D eigenvalue weighted by molar-refractivity contribution is 0.0945. The Balaban J connectivity index is 1.49. The molecule has 3 heterocycles. The van der Waals surface area contributed by atoms with Crippen LogP contribution in [0.5, 0.6) is 0 Å². The Labute approximate surface area is 162 Å². The normalized spacial score (nSPS) is 15.9. The van der Waals surface area contributed by atoms with Crippen molar-refractivity contribution in [3.63, 3.8) is 0 Å². The van der Waals surface area contributed by atoms with Gasteiger partial charge in [-0.25, -0.2) is 4.98 Å². The number of imidazole rings is 1. The first-order chi connectivity index (χ1) is 13.7. The van der Waals surface area contributed by atoms with E-state index >= 15 is 0 Å². The van der Waals surface area contributed by atoms with E-state index in [0.29, 0.717) is 23.8 Å². The number of anilines is 1. The van der Waals surface area contributed by atoms with Gasteiger partial charge in [0.1, 0.15) is 5.69 Å². The van der Waals surface area contributed by atoms with Crippen molar-refractivity contribution in [3.05, 3.63) is 53.7 Å². The SMILES string of the molecule is O=C(NC1CC1)c1nc(C(=O)Nc2cccc3cccnc23)n2c1CCCC2. The molecule has 0 spiro atoms. The molecule has 0 unspecified atom stereocenters. The summed E-state index contributed by atoms with van der Waals surface area (Å²) in [6.07, 6.45) is 6.48. The molecule has 1 saturated carbocycles. The Morgan fingerprint density at radius 1 is 1.07 bits per heavy atom. The predicted molar refractivity (Wildman–Crippen MR) is 105 cm³/mol. The van der Waals surface area contributed by atoms with Crippen molar-refractivity contribution in [1.29, 1.82) is 0 Å². The minimum absolute atomic E-state index is 0.168. The van der Waals surface area contributed by atoms with Crippen LogP contribution in [0.4, 0.5) is 5.69 Å². The van der Waals surface area contributed by atoms with Crippen LogP contribution in [0.2, 0.25) is 0 Å². The zero-order valence-corrected chi connectivity index (χ0v) is 15.4. The topological polar surface area (TPSA) is 88.9 Å². The van der Waals surface area contributed by atoms with Crippen molar-refractivity contribution in [2.24, 2.45) is 0 Å². The summed E-state index contributed by atoms with van der Waals surface area (Å²) in [7, 11) is 0. The molecule has 7 heteroatoms. The fourth-order valence-electron chi connectivity index (χ4n) is 3.76. The number of pyridine rings is 1. The van der Waals surface area contributed by atoms with Gasteiger partial charge in [-0.1, -0.05) is 18.2 Å². The van der Waals surface area contributed by atoms with E-state index in [1.807, 2.05) is 34.9 Å². The second-order valence-corrected chi connectivity index (χ2v) is 7.42. The van der Waals surface area contributed by atoms with E-state index in [4.69, 9.17) is 0 Å². The number of nitrogens with one attached hydrogen (secondary N) is 2. The third kappa shape index (κ3) is 3.02. The van der Waals surface area contributed by atoms with E-state index in [-0.39, 0.29) is 17.9 Å². The first kappa shape index (κ1) is 16.9. The maximum atomic E-state index is 13.0. The van der Waals surface area contributed by atoms with Crippen molar-refractivity contribution < 1.29 is 9.59 Å². The van der Waals surface area contributed by atoms with Gasteiger partial charge in [-0.3, -0.25) is 14.6 Å². The van der Waals surface area contributed by atoms with Crippen molar-refractivity contribution in [2.45, 2.75) is 44.7 Å². The molecule has 28 heavy (non-hydrogen) atoms. The van der Waals surface area contributed by atoms with Gasteiger partial charge < -0.3 is 15.2 Å². The number of rotatable bonds is 4. The molecule has 0 saturated heterocycles.